The zero-order valence-electron chi connectivity index (χ0n) is 19.9. The maximum Gasteiger partial charge on any atom is 0.332 e. The van der Waals surface area contributed by atoms with Crippen LogP contribution in [0.3, 0.4) is 0 Å². The van der Waals surface area contributed by atoms with E-state index >= 15 is 0 Å². The Kier molecular flexibility index (Phi) is 8.35. The number of carbonyl (C=O) groups is 5. The number of hydrogen-bond donors (Lipinski definition) is 2. The molecule has 4 atom stereocenters. The van der Waals surface area contributed by atoms with Gasteiger partial charge in [0.05, 0.1) is 0 Å². The van der Waals surface area contributed by atoms with E-state index in [4.69, 9.17) is 15.2 Å². The zero-order chi connectivity index (χ0) is 26.6. The minimum atomic E-state index is -1.16. The number of thioether (sulfide) groups is 1. The fourth-order valence-corrected chi connectivity index (χ4v) is 5.71. The summed E-state index contributed by atoms with van der Waals surface area (Å²) < 4.78 is 10.2. The van der Waals surface area contributed by atoms with E-state index in [1.54, 1.807) is 19.1 Å². The van der Waals surface area contributed by atoms with Gasteiger partial charge in [-0.2, -0.15) is 0 Å². The summed E-state index contributed by atoms with van der Waals surface area (Å²) in [5.74, 6) is -2.92. The van der Waals surface area contributed by atoms with Crippen LogP contribution in [0.4, 0.5) is 5.13 Å². The fraction of sp³-hybridized carbons (Fsp3) is 0.476. The van der Waals surface area contributed by atoms with Gasteiger partial charge in [-0.25, -0.2) is 9.78 Å². The molecule has 2 fully saturated rings. The van der Waals surface area contributed by atoms with Gasteiger partial charge in [0.25, 0.3) is 5.91 Å². The SMILES string of the molecule is CC=CC1(C(=O)OC(C)OC(C)=O)CS[C@@H]2C(NC(=O)C(=NOC(C)=O)c3csc(N)n3)C(=O)N2C1. The zero-order valence-corrected chi connectivity index (χ0v) is 21.5. The molecule has 2 saturated heterocycles. The molecule has 13 nitrogen and oxygen atoms in total. The molecule has 3 N–H and O–H groups in total. The molecule has 15 heteroatoms. The summed E-state index contributed by atoms with van der Waals surface area (Å²) in [5.41, 5.74) is 4.25. The molecule has 3 heterocycles. The number of fused-ring (bicyclic) bond motifs is 1. The number of nitrogen functional groups attached to an aromatic ring is 1. The lowest BCUT2D eigenvalue weighted by Gasteiger charge is -2.53. The molecule has 0 spiro atoms. The van der Waals surface area contributed by atoms with Crippen molar-refractivity contribution >= 4 is 63.7 Å². The van der Waals surface area contributed by atoms with Crippen molar-refractivity contribution in [3.63, 3.8) is 0 Å². The normalized spacial score (nSPS) is 24.4. The van der Waals surface area contributed by atoms with Crippen molar-refractivity contribution < 1.29 is 38.3 Å². The first kappa shape index (κ1) is 27.1. The number of nitrogens with one attached hydrogen (secondary N) is 1. The second-order valence-corrected chi connectivity index (χ2v) is 9.95. The predicted molar refractivity (Wildman–Crippen MR) is 129 cm³/mol. The number of allylic oxidation sites excluding steroid dienone is 1. The lowest BCUT2D eigenvalue weighted by molar-refractivity contribution is -0.189. The Morgan fingerprint density at radius 3 is 2.61 bits per heavy atom. The average molecular weight is 540 g/mol. The number of β-lactam (4-membered cyclic amide) rings is 1. The van der Waals surface area contributed by atoms with Crippen molar-refractivity contribution in [3.05, 3.63) is 23.2 Å². The highest BCUT2D eigenvalue weighted by atomic mass is 32.2. The number of esters is 2. The Balaban J connectivity index is 1.72. The highest BCUT2D eigenvalue weighted by molar-refractivity contribution is 8.00. The highest BCUT2D eigenvalue weighted by Gasteiger charge is 2.57. The Morgan fingerprint density at radius 1 is 1.31 bits per heavy atom. The van der Waals surface area contributed by atoms with Gasteiger partial charge in [-0.3, -0.25) is 19.2 Å². The second kappa shape index (κ2) is 11.1. The van der Waals surface area contributed by atoms with Crippen LogP contribution >= 0.6 is 23.1 Å². The first-order chi connectivity index (χ1) is 17.0. The van der Waals surface area contributed by atoms with Crippen molar-refractivity contribution in [2.24, 2.45) is 10.6 Å². The van der Waals surface area contributed by atoms with E-state index in [2.05, 4.69) is 20.3 Å². The molecule has 3 unspecified atom stereocenters. The van der Waals surface area contributed by atoms with Crippen LogP contribution in [0.1, 0.15) is 33.4 Å². The van der Waals surface area contributed by atoms with Gasteiger partial charge in [0, 0.05) is 38.4 Å². The number of nitrogens with two attached hydrogens (primary N) is 1. The second-order valence-electron chi connectivity index (χ2n) is 7.95. The Morgan fingerprint density at radius 2 is 2.03 bits per heavy atom. The first-order valence-electron chi connectivity index (χ1n) is 10.7. The van der Waals surface area contributed by atoms with Gasteiger partial charge in [-0.1, -0.05) is 17.3 Å². The summed E-state index contributed by atoms with van der Waals surface area (Å²) in [7, 11) is 0. The van der Waals surface area contributed by atoms with Crippen molar-refractivity contribution in [3.8, 4) is 0 Å². The maximum absolute atomic E-state index is 13.0. The van der Waals surface area contributed by atoms with Crippen LogP contribution in [0, 0.1) is 5.41 Å². The van der Waals surface area contributed by atoms with Gasteiger partial charge in [0.15, 0.2) is 10.8 Å². The van der Waals surface area contributed by atoms with Crippen molar-refractivity contribution in [1.82, 2.24) is 15.2 Å². The van der Waals surface area contributed by atoms with E-state index in [0.29, 0.717) is 0 Å². The molecule has 0 aromatic carbocycles. The van der Waals surface area contributed by atoms with E-state index in [1.165, 1.54) is 35.9 Å². The lowest BCUT2D eigenvalue weighted by atomic mass is 9.86. The van der Waals surface area contributed by atoms with Gasteiger partial charge >= 0.3 is 17.9 Å². The predicted octanol–water partition coefficient (Wildman–Crippen LogP) is 0.407. The van der Waals surface area contributed by atoms with Crippen molar-refractivity contribution in [1.29, 1.82) is 0 Å². The molecule has 2 aliphatic rings. The standard InChI is InChI=1S/C21H25N5O8S2/c1-5-6-21(19(31)33-12(4)32-10(2)27)8-26-17(30)15(18(26)36-9-21)24-16(29)14(25-34-11(3)28)13-7-35-20(22)23-13/h5-7,12,15,18H,8-9H2,1-4H3,(H2,22,23)(H,24,29)/t12?,15?,18-,21?/m1/s1. The van der Waals surface area contributed by atoms with Crippen LogP contribution in [-0.4, -0.2) is 75.3 Å². The number of anilines is 1. The van der Waals surface area contributed by atoms with Crippen LogP contribution in [0.5, 0.6) is 0 Å². The lowest BCUT2D eigenvalue weighted by Crippen LogP contribution is -2.74. The number of carbonyl (C=O) groups excluding carboxylic acids is 5. The Bertz CT molecular complexity index is 1140. The van der Waals surface area contributed by atoms with E-state index < -0.39 is 52.8 Å². The van der Waals surface area contributed by atoms with E-state index in [1.807, 2.05) is 0 Å². The number of hydrogen-bond acceptors (Lipinski definition) is 13. The molecule has 0 aliphatic carbocycles. The number of aromatic nitrogens is 1. The molecule has 0 bridgehead atoms. The van der Waals surface area contributed by atoms with E-state index in [0.717, 1.165) is 18.3 Å². The molecule has 2 aliphatic heterocycles. The van der Waals surface area contributed by atoms with Crippen molar-refractivity contribution in [2.75, 3.05) is 18.0 Å². The highest BCUT2D eigenvalue weighted by Crippen LogP contribution is 2.43. The monoisotopic (exact) mass is 539 g/mol. The summed E-state index contributed by atoms with van der Waals surface area (Å²) in [6.45, 7) is 5.49. The van der Waals surface area contributed by atoms with Crippen molar-refractivity contribution in [2.45, 2.75) is 45.4 Å². The minimum absolute atomic E-state index is 0.0167. The Hall–Kier alpha value is -3.46. The molecule has 2 amide bonds. The van der Waals surface area contributed by atoms with Crippen LogP contribution < -0.4 is 11.1 Å². The largest absolute Gasteiger partial charge is 0.426 e. The topological polar surface area (TPSA) is 180 Å². The molecule has 0 radical (unpaired) electrons. The number of nitrogens with zero attached hydrogens (tertiary/aromatic N) is 3. The number of amides is 2. The van der Waals surface area contributed by atoms with Gasteiger partial charge in [-0.15, -0.1) is 23.1 Å². The summed E-state index contributed by atoms with van der Waals surface area (Å²) in [4.78, 5) is 71.2. The van der Waals surface area contributed by atoms with Crippen LogP contribution in [0.15, 0.2) is 22.7 Å². The van der Waals surface area contributed by atoms with Gasteiger partial charge in [0.2, 0.25) is 12.2 Å². The molecule has 194 valence electrons. The molecule has 3 rings (SSSR count). The number of rotatable bonds is 8. The maximum atomic E-state index is 13.0. The van der Waals surface area contributed by atoms with Crippen LogP contribution in [0.2, 0.25) is 0 Å². The summed E-state index contributed by atoms with van der Waals surface area (Å²) in [5, 5.41) is 7.37. The molecule has 0 saturated carbocycles. The smallest absolute Gasteiger partial charge is 0.332 e. The summed E-state index contributed by atoms with van der Waals surface area (Å²) in [6, 6.07) is -0.902. The third-order valence-electron chi connectivity index (χ3n) is 5.13. The molecular weight excluding hydrogens is 514 g/mol. The molecule has 36 heavy (non-hydrogen) atoms. The van der Waals surface area contributed by atoms with Gasteiger partial charge in [-0.05, 0) is 6.92 Å². The first-order valence-corrected chi connectivity index (χ1v) is 12.6. The number of oxime groups is 1. The number of ether oxygens (including phenoxy) is 2. The molecule has 1 aromatic rings. The Labute approximate surface area is 214 Å². The summed E-state index contributed by atoms with van der Waals surface area (Å²) in [6.07, 6.45) is 2.24. The van der Waals surface area contributed by atoms with E-state index in [9.17, 15) is 24.0 Å². The molecular formula is C21H25N5O8S2. The summed E-state index contributed by atoms with van der Waals surface area (Å²) >= 11 is 2.35. The van der Waals surface area contributed by atoms with Crippen LogP contribution in [0.25, 0.3) is 0 Å². The fourth-order valence-electron chi connectivity index (χ4n) is 3.65. The molecule has 1 aromatic heterocycles. The number of thiazole rings is 1. The third kappa shape index (κ3) is 5.84. The quantitative estimate of drug-likeness (QED) is 0.0888. The van der Waals surface area contributed by atoms with Crippen LogP contribution in [-0.2, 0) is 38.3 Å². The minimum Gasteiger partial charge on any atom is -0.426 e. The van der Waals surface area contributed by atoms with Gasteiger partial charge < -0.3 is 30.3 Å². The van der Waals surface area contributed by atoms with E-state index in [-0.39, 0.29) is 28.8 Å². The average Bonchev–Trinajstić information content (AvgIpc) is 3.22. The van der Waals surface area contributed by atoms with Gasteiger partial charge in [0.1, 0.15) is 22.5 Å². The third-order valence-corrected chi connectivity index (χ3v) is 7.36.